The molecule has 0 aliphatic rings. The Morgan fingerprint density at radius 3 is 2.20 bits per heavy atom. The molecule has 2 amide bonds. The minimum absolute atomic E-state index is 0.250. The van der Waals surface area contributed by atoms with Crippen molar-refractivity contribution in [3.05, 3.63) is 64.7 Å². The number of hydrogen-bond donors (Lipinski definition) is 3. The molecular weight excluding hydrogens is 274 g/mol. The Bertz CT molecular complexity index is 567. The molecule has 2 aromatic rings. The van der Waals surface area contributed by atoms with Crippen LogP contribution in [0.2, 0.25) is 5.02 Å². The molecule has 0 saturated heterocycles. The monoisotopic (exact) mass is 289 g/mol. The minimum atomic E-state index is -0.250. The van der Waals surface area contributed by atoms with Crippen LogP contribution in [0.3, 0.4) is 0 Å². The number of amides is 2. The Morgan fingerprint density at radius 1 is 1.00 bits per heavy atom. The van der Waals surface area contributed by atoms with Crippen LogP contribution in [0.25, 0.3) is 0 Å². The van der Waals surface area contributed by atoms with Gasteiger partial charge in [-0.05, 0) is 35.4 Å². The number of nitrogens with two attached hydrogens (primary N) is 1. The van der Waals surface area contributed by atoms with Crippen molar-refractivity contribution in [2.45, 2.75) is 13.1 Å². The second-order valence-corrected chi connectivity index (χ2v) is 4.77. The van der Waals surface area contributed by atoms with Crippen molar-refractivity contribution in [2.24, 2.45) is 5.73 Å². The van der Waals surface area contributed by atoms with Gasteiger partial charge in [-0.3, -0.25) is 0 Å². The van der Waals surface area contributed by atoms with E-state index in [1.165, 1.54) is 0 Å². The molecule has 0 saturated carbocycles. The molecule has 0 atom stereocenters. The van der Waals surface area contributed by atoms with Gasteiger partial charge in [0.05, 0.1) is 0 Å². The molecule has 0 aromatic heterocycles. The molecule has 0 aliphatic carbocycles. The Balaban J connectivity index is 1.84. The fraction of sp³-hybridized carbons (Fsp3) is 0.133. The maximum absolute atomic E-state index is 11.7. The van der Waals surface area contributed by atoms with Crippen molar-refractivity contribution < 1.29 is 4.79 Å². The van der Waals surface area contributed by atoms with Gasteiger partial charge >= 0.3 is 6.03 Å². The number of hydrogen-bond acceptors (Lipinski definition) is 2. The van der Waals surface area contributed by atoms with E-state index in [0.29, 0.717) is 18.1 Å². The Morgan fingerprint density at radius 2 is 1.60 bits per heavy atom. The molecule has 2 aromatic carbocycles. The smallest absolute Gasteiger partial charge is 0.319 e. The highest BCUT2D eigenvalue weighted by atomic mass is 35.5. The molecule has 0 heterocycles. The summed E-state index contributed by atoms with van der Waals surface area (Å²) < 4.78 is 0. The third-order valence-electron chi connectivity index (χ3n) is 2.81. The lowest BCUT2D eigenvalue weighted by Gasteiger charge is -2.08. The van der Waals surface area contributed by atoms with E-state index in [0.717, 1.165) is 16.8 Å². The topological polar surface area (TPSA) is 67.1 Å². The molecule has 0 unspecified atom stereocenters. The van der Waals surface area contributed by atoms with Gasteiger partial charge in [-0.25, -0.2) is 4.79 Å². The summed E-state index contributed by atoms with van der Waals surface area (Å²) in [4.78, 5) is 11.7. The van der Waals surface area contributed by atoms with Gasteiger partial charge in [-0.1, -0.05) is 35.9 Å². The summed E-state index contributed by atoms with van der Waals surface area (Å²) in [5.74, 6) is 0. The first-order valence-electron chi connectivity index (χ1n) is 6.25. The number of urea groups is 1. The average Bonchev–Trinajstić information content (AvgIpc) is 2.47. The van der Waals surface area contributed by atoms with E-state index in [4.69, 9.17) is 17.3 Å². The largest absolute Gasteiger partial charge is 0.334 e. The number of halogens is 1. The highest BCUT2D eigenvalue weighted by Crippen LogP contribution is 2.10. The summed E-state index contributed by atoms with van der Waals surface area (Å²) in [6.45, 7) is 0.937. The fourth-order valence-corrected chi connectivity index (χ4v) is 1.81. The molecule has 2 rings (SSSR count). The molecule has 0 aliphatic heterocycles. The maximum Gasteiger partial charge on any atom is 0.319 e. The van der Waals surface area contributed by atoms with Gasteiger partial charge in [0, 0.05) is 23.8 Å². The first kappa shape index (κ1) is 14.4. The van der Waals surface area contributed by atoms with Gasteiger partial charge in [0.25, 0.3) is 0 Å². The van der Waals surface area contributed by atoms with E-state index < -0.39 is 0 Å². The summed E-state index contributed by atoms with van der Waals surface area (Å²) in [6, 6.07) is 14.5. The van der Waals surface area contributed by atoms with Gasteiger partial charge in [0.1, 0.15) is 0 Å². The number of nitrogens with one attached hydrogen (secondary N) is 2. The number of anilines is 1. The first-order chi connectivity index (χ1) is 9.67. The summed E-state index contributed by atoms with van der Waals surface area (Å²) in [5.41, 5.74) is 8.26. The molecule has 20 heavy (non-hydrogen) atoms. The minimum Gasteiger partial charge on any atom is -0.334 e. The normalized spacial score (nSPS) is 10.1. The van der Waals surface area contributed by atoms with E-state index in [1.807, 2.05) is 36.4 Å². The second kappa shape index (κ2) is 6.93. The van der Waals surface area contributed by atoms with Crippen LogP contribution >= 0.6 is 11.6 Å². The quantitative estimate of drug-likeness (QED) is 0.809. The average molecular weight is 290 g/mol. The van der Waals surface area contributed by atoms with Crippen molar-refractivity contribution >= 4 is 23.3 Å². The number of rotatable bonds is 4. The van der Waals surface area contributed by atoms with Crippen LogP contribution in [0.15, 0.2) is 48.5 Å². The lowest BCUT2D eigenvalue weighted by molar-refractivity contribution is 0.251. The van der Waals surface area contributed by atoms with Crippen LogP contribution in [0, 0.1) is 0 Å². The third kappa shape index (κ3) is 4.26. The molecule has 4 nitrogen and oxygen atoms in total. The van der Waals surface area contributed by atoms with Crippen LogP contribution < -0.4 is 16.4 Å². The summed E-state index contributed by atoms with van der Waals surface area (Å²) >= 11 is 5.80. The summed E-state index contributed by atoms with van der Waals surface area (Å²) in [5, 5.41) is 6.21. The highest BCUT2D eigenvalue weighted by Gasteiger charge is 2.01. The number of benzene rings is 2. The van der Waals surface area contributed by atoms with Crippen LogP contribution in [0.1, 0.15) is 11.1 Å². The van der Waals surface area contributed by atoms with E-state index in [-0.39, 0.29) is 6.03 Å². The molecule has 0 fully saturated rings. The van der Waals surface area contributed by atoms with E-state index in [2.05, 4.69) is 10.6 Å². The van der Waals surface area contributed by atoms with Gasteiger partial charge in [0.2, 0.25) is 0 Å². The van der Waals surface area contributed by atoms with Crippen LogP contribution in [-0.4, -0.2) is 6.03 Å². The summed E-state index contributed by atoms with van der Waals surface area (Å²) in [6.07, 6.45) is 0. The van der Waals surface area contributed by atoms with Crippen LogP contribution in [0.4, 0.5) is 10.5 Å². The number of carbonyl (C=O) groups is 1. The van der Waals surface area contributed by atoms with Crippen molar-refractivity contribution in [3.8, 4) is 0 Å². The Labute approximate surface area is 122 Å². The third-order valence-corrected chi connectivity index (χ3v) is 3.07. The molecule has 0 radical (unpaired) electrons. The molecule has 0 spiro atoms. The molecule has 104 valence electrons. The van der Waals surface area contributed by atoms with Crippen molar-refractivity contribution in [1.29, 1.82) is 0 Å². The zero-order valence-electron chi connectivity index (χ0n) is 10.9. The van der Waals surface area contributed by atoms with Gasteiger partial charge in [0.15, 0.2) is 0 Å². The molecule has 4 N–H and O–H groups in total. The Kier molecular flexibility index (Phi) is 4.98. The number of carbonyl (C=O) groups excluding carboxylic acids is 1. The van der Waals surface area contributed by atoms with E-state index in [1.54, 1.807) is 12.1 Å². The van der Waals surface area contributed by atoms with Crippen molar-refractivity contribution in [2.75, 3.05) is 5.32 Å². The predicted octanol–water partition coefficient (Wildman–Crippen LogP) is 3.12. The van der Waals surface area contributed by atoms with Gasteiger partial charge in [-0.2, -0.15) is 0 Å². The lowest BCUT2D eigenvalue weighted by Crippen LogP contribution is -2.28. The van der Waals surface area contributed by atoms with Crippen LogP contribution in [0.5, 0.6) is 0 Å². The summed E-state index contributed by atoms with van der Waals surface area (Å²) in [7, 11) is 0. The van der Waals surface area contributed by atoms with Gasteiger partial charge < -0.3 is 16.4 Å². The molecule has 0 bridgehead atoms. The first-order valence-corrected chi connectivity index (χ1v) is 6.63. The van der Waals surface area contributed by atoms with Crippen LogP contribution in [-0.2, 0) is 13.1 Å². The molecular formula is C15H16ClN3O. The van der Waals surface area contributed by atoms with Crippen molar-refractivity contribution in [1.82, 2.24) is 5.32 Å². The van der Waals surface area contributed by atoms with E-state index in [9.17, 15) is 4.79 Å². The molecule has 5 heteroatoms. The second-order valence-electron chi connectivity index (χ2n) is 4.34. The Hall–Kier alpha value is -2.04. The zero-order valence-corrected chi connectivity index (χ0v) is 11.7. The fourth-order valence-electron chi connectivity index (χ4n) is 1.68. The van der Waals surface area contributed by atoms with Gasteiger partial charge in [-0.15, -0.1) is 0 Å². The SMILES string of the molecule is NCc1ccc(NC(=O)NCc2ccc(Cl)cc2)cc1. The standard InChI is InChI=1S/C15H16ClN3O/c16-13-5-1-12(2-6-13)10-18-15(20)19-14-7-3-11(9-17)4-8-14/h1-8H,9-10,17H2,(H2,18,19,20). The predicted molar refractivity (Wildman–Crippen MR) is 81.6 cm³/mol. The highest BCUT2D eigenvalue weighted by molar-refractivity contribution is 6.30. The van der Waals surface area contributed by atoms with Crippen molar-refractivity contribution in [3.63, 3.8) is 0 Å². The maximum atomic E-state index is 11.7. The lowest BCUT2D eigenvalue weighted by atomic mass is 10.2. The van der Waals surface area contributed by atoms with E-state index >= 15 is 0 Å². The zero-order chi connectivity index (χ0) is 14.4.